The predicted molar refractivity (Wildman–Crippen MR) is 78.8 cm³/mol. The number of carboxylic acids is 1. The van der Waals surface area contributed by atoms with Crippen LogP contribution in [0.25, 0.3) is 0 Å². The molecule has 1 aromatic rings. The van der Waals surface area contributed by atoms with Crippen molar-refractivity contribution in [3.63, 3.8) is 0 Å². The SMILES string of the molecule is Cc1cc(NCCC(C)CCC(=O)O)ccc1C(N)=O. The number of aryl methyl sites for hydroxylation is 1. The van der Waals surface area contributed by atoms with Crippen LogP contribution in [0.2, 0.25) is 0 Å². The van der Waals surface area contributed by atoms with Gasteiger partial charge in [-0.15, -0.1) is 0 Å². The Morgan fingerprint density at radius 3 is 2.60 bits per heavy atom. The number of nitrogens with one attached hydrogen (secondary N) is 1. The average molecular weight is 278 g/mol. The zero-order valence-electron chi connectivity index (χ0n) is 12.0. The van der Waals surface area contributed by atoms with Crippen LogP contribution in [0.4, 0.5) is 5.69 Å². The number of rotatable bonds is 8. The number of aliphatic carboxylic acids is 1. The molecule has 1 aromatic carbocycles. The molecule has 5 heteroatoms. The van der Waals surface area contributed by atoms with Gasteiger partial charge < -0.3 is 16.2 Å². The van der Waals surface area contributed by atoms with Crippen molar-refractivity contribution in [3.05, 3.63) is 29.3 Å². The van der Waals surface area contributed by atoms with E-state index in [-0.39, 0.29) is 6.42 Å². The van der Waals surface area contributed by atoms with E-state index in [1.54, 1.807) is 6.07 Å². The molecule has 1 amide bonds. The quantitative estimate of drug-likeness (QED) is 0.680. The van der Waals surface area contributed by atoms with Gasteiger partial charge in [-0.1, -0.05) is 6.92 Å². The van der Waals surface area contributed by atoms with Crippen LogP contribution in [0, 0.1) is 12.8 Å². The van der Waals surface area contributed by atoms with Gasteiger partial charge in [0, 0.05) is 24.2 Å². The minimum atomic E-state index is -0.748. The molecule has 1 rings (SSSR count). The number of amides is 1. The summed E-state index contributed by atoms with van der Waals surface area (Å²) in [6, 6.07) is 5.44. The molecule has 0 saturated heterocycles. The van der Waals surface area contributed by atoms with Crippen molar-refractivity contribution >= 4 is 17.6 Å². The van der Waals surface area contributed by atoms with Crippen molar-refractivity contribution in [2.45, 2.75) is 33.1 Å². The summed E-state index contributed by atoms with van der Waals surface area (Å²) < 4.78 is 0. The molecule has 0 aromatic heterocycles. The molecule has 0 spiro atoms. The van der Waals surface area contributed by atoms with Gasteiger partial charge in [0.05, 0.1) is 0 Å². The van der Waals surface area contributed by atoms with Crippen LogP contribution in [0.1, 0.15) is 42.1 Å². The van der Waals surface area contributed by atoms with E-state index in [1.165, 1.54) is 0 Å². The first-order chi connectivity index (χ1) is 9.40. The van der Waals surface area contributed by atoms with E-state index in [0.717, 1.165) is 24.2 Å². The lowest BCUT2D eigenvalue weighted by Crippen LogP contribution is -2.13. The number of benzene rings is 1. The number of hydrogen-bond donors (Lipinski definition) is 3. The Morgan fingerprint density at radius 1 is 1.35 bits per heavy atom. The molecule has 0 heterocycles. The van der Waals surface area contributed by atoms with Gasteiger partial charge in [-0.2, -0.15) is 0 Å². The van der Waals surface area contributed by atoms with Crippen LogP contribution in [-0.4, -0.2) is 23.5 Å². The van der Waals surface area contributed by atoms with Crippen LogP contribution in [0.5, 0.6) is 0 Å². The summed E-state index contributed by atoms with van der Waals surface area (Å²) in [7, 11) is 0. The molecular formula is C15H22N2O3. The Bertz CT molecular complexity index is 486. The van der Waals surface area contributed by atoms with E-state index < -0.39 is 11.9 Å². The van der Waals surface area contributed by atoms with Crippen molar-refractivity contribution in [1.29, 1.82) is 0 Å². The normalized spacial score (nSPS) is 11.9. The summed E-state index contributed by atoms with van der Waals surface area (Å²) in [6.07, 6.45) is 1.81. The average Bonchev–Trinajstić information content (AvgIpc) is 2.36. The van der Waals surface area contributed by atoms with Gasteiger partial charge in [0.2, 0.25) is 5.91 Å². The standard InChI is InChI=1S/C15H22N2O3/c1-10(3-6-14(18)19)7-8-17-12-4-5-13(15(16)20)11(2)9-12/h4-5,9-10,17H,3,6-8H2,1-2H3,(H2,16,20)(H,18,19). The van der Waals surface area contributed by atoms with E-state index in [1.807, 2.05) is 26.0 Å². The fourth-order valence-corrected chi connectivity index (χ4v) is 2.03. The molecule has 0 aliphatic heterocycles. The molecule has 0 radical (unpaired) electrons. The molecule has 0 bridgehead atoms. The lowest BCUT2D eigenvalue weighted by atomic mass is 10.0. The second kappa shape index (κ2) is 7.53. The third kappa shape index (κ3) is 5.30. The lowest BCUT2D eigenvalue weighted by Gasteiger charge is -2.12. The van der Waals surface area contributed by atoms with E-state index >= 15 is 0 Å². The summed E-state index contributed by atoms with van der Waals surface area (Å²) in [6.45, 7) is 4.67. The zero-order chi connectivity index (χ0) is 15.1. The number of anilines is 1. The van der Waals surface area contributed by atoms with Gasteiger partial charge in [0.1, 0.15) is 0 Å². The first-order valence-corrected chi connectivity index (χ1v) is 6.76. The summed E-state index contributed by atoms with van der Waals surface area (Å²) in [5, 5.41) is 11.9. The van der Waals surface area contributed by atoms with E-state index in [0.29, 0.717) is 17.9 Å². The first-order valence-electron chi connectivity index (χ1n) is 6.76. The molecule has 20 heavy (non-hydrogen) atoms. The van der Waals surface area contributed by atoms with Gasteiger partial charge in [-0.25, -0.2) is 0 Å². The molecule has 0 saturated carbocycles. The second-order valence-electron chi connectivity index (χ2n) is 5.15. The predicted octanol–water partition coefficient (Wildman–Crippen LogP) is 2.40. The highest BCUT2D eigenvalue weighted by atomic mass is 16.4. The van der Waals surface area contributed by atoms with Crippen LogP contribution in [0.3, 0.4) is 0 Å². The van der Waals surface area contributed by atoms with Gasteiger partial charge in [-0.05, 0) is 49.4 Å². The number of carbonyl (C=O) groups excluding carboxylic acids is 1. The third-order valence-electron chi connectivity index (χ3n) is 3.31. The van der Waals surface area contributed by atoms with Crippen LogP contribution in [0.15, 0.2) is 18.2 Å². The molecule has 0 aliphatic carbocycles. The molecule has 0 aliphatic rings. The maximum Gasteiger partial charge on any atom is 0.303 e. The Labute approximate surface area is 119 Å². The number of carbonyl (C=O) groups is 2. The second-order valence-corrected chi connectivity index (χ2v) is 5.15. The van der Waals surface area contributed by atoms with E-state index in [2.05, 4.69) is 5.32 Å². The first kappa shape index (κ1) is 16.0. The molecule has 1 unspecified atom stereocenters. The number of nitrogens with two attached hydrogens (primary N) is 1. The fraction of sp³-hybridized carbons (Fsp3) is 0.467. The molecule has 0 fully saturated rings. The number of hydrogen-bond acceptors (Lipinski definition) is 3. The molecular weight excluding hydrogens is 256 g/mol. The monoisotopic (exact) mass is 278 g/mol. The van der Waals surface area contributed by atoms with Gasteiger partial charge in [0.15, 0.2) is 0 Å². The Morgan fingerprint density at radius 2 is 2.05 bits per heavy atom. The van der Waals surface area contributed by atoms with Crippen molar-refractivity contribution in [1.82, 2.24) is 0 Å². The number of carboxylic acid groups (broad SMARTS) is 1. The highest BCUT2D eigenvalue weighted by Gasteiger charge is 2.07. The van der Waals surface area contributed by atoms with E-state index in [9.17, 15) is 9.59 Å². The topological polar surface area (TPSA) is 92.4 Å². The third-order valence-corrected chi connectivity index (χ3v) is 3.31. The Kier molecular flexibility index (Phi) is 6.03. The lowest BCUT2D eigenvalue weighted by molar-refractivity contribution is -0.137. The maximum absolute atomic E-state index is 11.1. The highest BCUT2D eigenvalue weighted by molar-refractivity contribution is 5.94. The van der Waals surface area contributed by atoms with Crippen LogP contribution >= 0.6 is 0 Å². The van der Waals surface area contributed by atoms with Crippen LogP contribution < -0.4 is 11.1 Å². The highest BCUT2D eigenvalue weighted by Crippen LogP contribution is 2.16. The Balaban J connectivity index is 2.41. The summed E-state index contributed by atoms with van der Waals surface area (Å²) >= 11 is 0. The fourth-order valence-electron chi connectivity index (χ4n) is 2.03. The van der Waals surface area contributed by atoms with E-state index in [4.69, 9.17) is 10.8 Å². The van der Waals surface area contributed by atoms with Gasteiger partial charge in [-0.3, -0.25) is 9.59 Å². The summed E-state index contributed by atoms with van der Waals surface area (Å²) in [4.78, 5) is 21.6. The van der Waals surface area contributed by atoms with Crippen molar-refractivity contribution in [3.8, 4) is 0 Å². The van der Waals surface area contributed by atoms with Gasteiger partial charge >= 0.3 is 5.97 Å². The minimum absolute atomic E-state index is 0.216. The smallest absolute Gasteiger partial charge is 0.303 e. The van der Waals surface area contributed by atoms with Gasteiger partial charge in [0.25, 0.3) is 0 Å². The van der Waals surface area contributed by atoms with Crippen molar-refractivity contribution in [2.75, 3.05) is 11.9 Å². The molecule has 4 N–H and O–H groups in total. The number of primary amides is 1. The van der Waals surface area contributed by atoms with Crippen molar-refractivity contribution < 1.29 is 14.7 Å². The molecule has 5 nitrogen and oxygen atoms in total. The summed E-state index contributed by atoms with van der Waals surface area (Å²) in [5.41, 5.74) is 7.58. The molecule has 110 valence electrons. The largest absolute Gasteiger partial charge is 0.481 e. The maximum atomic E-state index is 11.1. The van der Waals surface area contributed by atoms with Crippen LogP contribution in [-0.2, 0) is 4.79 Å². The zero-order valence-corrected chi connectivity index (χ0v) is 12.0. The Hall–Kier alpha value is -2.04. The minimum Gasteiger partial charge on any atom is -0.481 e. The summed E-state index contributed by atoms with van der Waals surface area (Å²) in [5.74, 6) is -0.802. The molecule has 1 atom stereocenters. The van der Waals surface area contributed by atoms with Crippen molar-refractivity contribution in [2.24, 2.45) is 11.7 Å².